The predicted octanol–water partition coefficient (Wildman–Crippen LogP) is 5.35. The standard InChI is InChI=1S/C20H31N3/c1-3-5-7-9-17-10-12-20(16-21,13-11-17)19-22-14-18(15-23-19)8-6-4-2/h14-15,17H,3-13H2,1-2H3/t17-,20+. The van der Waals surface area contributed by atoms with Crippen LogP contribution < -0.4 is 0 Å². The Morgan fingerprint density at radius 2 is 1.74 bits per heavy atom. The average Bonchev–Trinajstić information content (AvgIpc) is 2.61. The van der Waals surface area contributed by atoms with Crippen LogP contribution in [0.3, 0.4) is 0 Å². The summed E-state index contributed by atoms with van der Waals surface area (Å²) in [4.78, 5) is 9.13. The van der Waals surface area contributed by atoms with Crippen molar-refractivity contribution in [3.8, 4) is 6.07 Å². The minimum Gasteiger partial charge on any atom is -0.239 e. The Morgan fingerprint density at radius 1 is 1.09 bits per heavy atom. The van der Waals surface area contributed by atoms with E-state index in [0.29, 0.717) is 0 Å². The molecule has 0 atom stereocenters. The molecule has 1 aliphatic rings. The van der Waals surface area contributed by atoms with Gasteiger partial charge < -0.3 is 0 Å². The second-order valence-electron chi connectivity index (χ2n) is 7.15. The maximum absolute atomic E-state index is 9.78. The number of nitriles is 1. The molecule has 0 bridgehead atoms. The maximum Gasteiger partial charge on any atom is 0.148 e. The van der Waals surface area contributed by atoms with Crippen molar-refractivity contribution in [2.75, 3.05) is 0 Å². The monoisotopic (exact) mass is 313 g/mol. The Labute approximate surface area is 141 Å². The molecule has 23 heavy (non-hydrogen) atoms. The van der Waals surface area contributed by atoms with Gasteiger partial charge in [0.25, 0.3) is 0 Å². The van der Waals surface area contributed by atoms with Gasteiger partial charge in [-0.25, -0.2) is 9.97 Å². The molecule has 2 rings (SSSR count). The van der Waals surface area contributed by atoms with Crippen LogP contribution in [-0.2, 0) is 11.8 Å². The zero-order valence-electron chi connectivity index (χ0n) is 14.9. The van der Waals surface area contributed by atoms with Gasteiger partial charge in [-0.2, -0.15) is 5.26 Å². The van der Waals surface area contributed by atoms with E-state index < -0.39 is 5.41 Å². The number of nitrogens with zero attached hydrogens (tertiary/aromatic N) is 3. The normalized spacial score (nSPS) is 24.3. The molecule has 0 radical (unpaired) electrons. The predicted molar refractivity (Wildman–Crippen MR) is 94.0 cm³/mol. The Morgan fingerprint density at radius 3 is 2.30 bits per heavy atom. The van der Waals surface area contributed by atoms with Gasteiger partial charge in [0, 0.05) is 12.4 Å². The minimum absolute atomic E-state index is 0.440. The van der Waals surface area contributed by atoms with Gasteiger partial charge in [0.1, 0.15) is 11.2 Å². The second-order valence-corrected chi connectivity index (χ2v) is 7.15. The van der Waals surface area contributed by atoms with Crippen LogP contribution in [0.1, 0.15) is 89.4 Å². The summed E-state index contributed by atoms with van der Waals surface area (Å²) < 4.78 is 0. The molecule has 1 aliphatic carbocycles. The van der Waals surface area contributed by atoms with E-state index in [1.54, 1.807) is 0 Å². The van der Waals surface area contributed by atoms with Gasteiger partial charge in [-0.05, 0) is 50.0 Å². The molecule has 126 valence electrons. The van der Waals surface area contributed by atoms with Crippen LogP contribution in [0.25, 0.3) is 0 Å². The van der Waals surface area contributed by atoms with Crippen molar-refractivity contribution in [2.24, 2.45) is 5.92 Å². The second kappa shape index (κ2) is 9.01. The van der Waals surface area contributed by atoms with Crippen molar-refractivity contribution >= 4 is 0 Å². The third-order valence-electron chi connectivity index (χ3n) is 5.34. The molecular formula is C20H31N3. The number of rotatable bonds is 8. The lowest BCUT2D eigenvalue weighted by molar-refractivity contribution is 0.254. The maximum atomic E-state index is 9.78. The first-order valence-electron chi connectivity index (χ1n) is 9.46. The number of unbranched alkanes of at least 4 members (excludes halogenated alkanes) is 3. The summed E-state index contributed by atoms with van der Waals surface area (Å²) in [6.07, 6.45) is 16.7. The smallest absolute Gasteiger partial charge is 0.148 e. The Bertz CT molecular complexity index is 493. The third-order valence-corrected chi connectivity index (χ3v) is 5.34. The highest BCUT2D eigenvalue weighted by atomic mass is 14.9. The molecule has 1 aromatic heterocycles. The van der Waals surface area contributed by atoms with Gasteiger partial charge in [0.15, 0.2) is 0 Å². The summed E-state index contributed by atoms with van der Waals surface area (Å²) in [5, 5.41) is 9.78. The largest absolute Gasteiger partial charge is 0.239 e. The molecule has 0 spiro atoms. The highest BCUT2D eigenvalue weighted by molar-refractivity contribution is 5.22. The zero-order chi connectivity index (χ0) is 16.5. The first kappa shape index (κ1) is 17.9. The first-order chi connectivity index (χ1) is 11.2. The Balaban J connectivity index is 1.95. The van der Waals surface area contributed by atoms with E-state index in [4.69, 9.17) is 0 Å². The summed E-state index contributed by atoms with van der Waals surface area (Å²) in [7, 11) is 0. The van der Waals surface area contributed by atoms with E-state index in [1.165, 1.54) is 44.1 Å². The van der Waals surface area contributed by atoms with Crippen molar-refractivity contribution in [1.29, 1.82) is 5.26 Å². The van der Waals surface area contributed by atoms with Gasteiger partial charge >= 0.3 is 0 Å². The highest BCUT2D eigenvalue weighted by Crippen LogP contribution is 2.41. The molecule has 0 aliphatic heterocycles. The van der Waals surface area contributed by atoms with Crippen molar-refractivity contribution < 1.29 is 0 Å². The Kier molecular flexibility index (Phi) is 7.02. The van der Waals surface area contributed by atoms with E-state index >= 15 is 0 Å². The Hall–Kier alpha value is -1.43. The van der Waals surface area contributed by atoms with Crippen LogP contribution in [-0.4, -0.2) is 9.97 Å². The summed E-state index contributed by atoms with van der Waals surface area (Å²) in [6.45, 7) is 4.45. The van der Waals surface area contributed by atoms with Gasteiger partial charge in [-0.3, -0.25) is 0 Å². The van der Waals surface area contributed by atoms with E-state index in [-0.39, 0.29) is 0 Å². The third kappa shape index (κ3) is 4.77. The molecule has 0 amide bonds. The molecule has 0 N–H and O–H groups in total. The highest BCUT2D eigenvalue weighted by Gasteiger charge is 2.39. The summed E-state index contributed by atoms with van der Waals surface area (Å²) in [5.41, 5.74) is 0.752. The lowest BCUT2D eigenvalue weighted by atomic mass is 9.69. The van der Waals surface area contributed by atoms with Crippen molar-refractivity contribution in [3.63, 3.8) is 0 Å². The van der Waals surface area contributed by atoms with Crippen LogP contribution in [0.4, 0.5) is 0 Å². The molecule has 1 saturated carbocycles. The number of hydrogen-bond donors (Lipinski definition) is 0. The van der Waals surface area contributed by atoms with Crippen molar-refractivity contribution in [1.82, 2.24) is 9.97 Å². The summed E-state index contributed by atoms with van der Waals surface area (Å²) >= 11 is 0. The molecule has 1 fully saturated rings. The van der Waals surface area contributed by atoms with Crippen molar-refractivity contribution in [3.05, 3.63) is 23.8 Å². The fourth-order valence-electron chi connectivity index (χ4n) is 3.64. The number of aryl methyl sites for hydroxylation is 1. The molecule has 3 heteroatoms. The van der Waals surface area contributed by atoms with Gasteiger partial charge in [-0.15, -0.1) is 0 Å². The lowest BCUT2D eigenvalue weighted by Crippen LogP contribution is -2.32. The molecular weight excluding hydrogens is 282 g/mol. The van der Waals surface area contributed by atoms with Gasteiger partial charge in [0.2, 0.25) is 0 Å². The fraction of sp³-hybridized carbons (Fsp3) is 0.750. The van der Waals surface area contributed by atoms with E-state index in [2.05, 4.69) is 29.9 Å². The SMILES string of the molecule is CCCCC[C@H]1CC[C@@](C#N)(c2ncc(CCCC)cn2)CC1. The quantitative estimate of drug-likeness (QED) is 0.608. The lowest BCUT2D eigenvalue weighted by Gasteiger charge is -2.33. The molecule has 0 aromatic carbocycles. The number of aromatic nitrogens is 2. The fourth-order valence-corrected chi connectivity index (χ4v) is 3.64. The van der Waals surface area contributed by atoms with E-state index in [0.717, 1.165) is 43.8 Å². The molecule has 0 unspecified atom stereocenters. The molecule has 0 saturated heterocycles. The molecule has 1 heterocycles. The van der Waals surface area contributed by atoms with Crippen LogP contribution >= 0.6 is 0 Å². The minimum atomic E-state index is -0.440. The van der Waals surface area contributed by atoms with Crippen LogP contribution in [0.2, 0.25) is 0 Å². The first-order valence-corrected chi connectivity index (χ1v) is 9.46. The van der Waals surface area contributed by atoms with Gasteiger partial charge in [-0.1, -0.05) is 46.0 Å². The molecule has 3 nitrogen and oxygen atoms in total. The van der Waals surface area contributed by atoms with E-state index in [1.807, 2.05) is 12.4 Å². The van der Waals surface area contributed by atoms with Crippen molar-refractivity contribution in [2.45, 2.75) is 89.9 Å². The average molecular weight is 313 g/mol. The summed E-state index contributed by atoms with van der Waals surface area (Å²) in [5.74, 6) is 1.55. The van der Waals surface area contributed by atoms with Crippen LogP contribution in [0.15, 0.2) is 12.4 Å². The van der Waals surface area contributed by atoms with Crippen LogP contribution in [0, 0.1) is 17.2 Å². The van der Waals surface area contributed by atoms with Crippen LogP contribution in [0.5, 0.6) is 0 Å². The van der Waals surface area contributed by atoms with Gasteiger partial charge in [0.05, 0.1) is 6.07 Å². The number of hydrogen-bond acceptors (Lipinski definition) is 3. The van der Waals surface area contributed by atoms with E-state index in [9.17, 15) is 5.26 Å². The topological polar surface area (TPSA) is 49.6 Å². The zero-order valence-corrected chi connectivity index (χ0v) is 14.9. The molecule has 1 aromatic rings. The summed E-state index contributed by atoms with van der Waals surface area (Å²) in [6, 6.07) is 2.56.